The molecule has 0 N–H and O–H groups in total. The molecule has 0 aliphatic heterocycles. The van der Waals surface area contributed by atoms with Crippen LogP contribution in [0.5, 0.6) is 0 Å². The summed E-state index contributed by atoms with van der Waals surface area (Å²) in [7, 11) is 0. The predicted molar refractivity (Wildman–Crippen MR) is 36.7 cm³/mol. The van der Waals surface area contributed by atoms with Crippen molar-refractivity contribution in [2.75, 3.05) is 0 Å². The quantitative estimate of drug-likeness (QED) is 0.430. The van der Waals surface area contributed by atoms with Gasteiger partial charge in [-0.25, -0.2) is 0 Å². The summed E-state index contributed by atoms with van der Waals surface area (Å²) >= 11 is 0. The molecule has 0 fully saturated rings. The summed E-state index contributed by atoms with van der Waals surface area (Å²) in [5, 5.41) is 0. The standard InChI is InChI=1S/C8H12.Pd/c1-2-4-6-8-7-5-3-1;/h1-2,7-8H,3-6H2;/b2-1-,8-7?;. The molecule has 1 aliphatic carbocycles. The Kier molecular flexibility index (Phi) is 6.36. The predicted octanol–water partition coefficient (Wildman–Crippen LogP) is 2.67. The molecule has 1 rings (SSSR count). The van der Waals surface area contributed by atoms with Crippen LogP contribution in [0.25, 0.3) is 0 Å². The molecule has 0 nitrogen and oxygen atoms in total. The van der Waals surface area contributed by atoms with Gasteiger partial charge in [-0.3, -0.25) is 0 Å². The Morgan fingerprint density at radius 2 is 0.778 bits per heavy atom. The molecule has 1 heteroatoms. The summed E-state index contributed by atoms with van der Waals surface area (Å²) in [5.41, 5.74) is 0. The van der Waals surface area contributed by atoms with E-state index in [1.165, 1.54) is 25.7 Å². The van der Waals surface area contributed by atoms with Crippen LogP contribution in [0.2, 0.25) is 0 Å². The van der Waals surface area contributed by atoms with Gasteiger partial charge in [0, 0.05) is 20.4 Å². The van der Waals surface area contributed by atoms with Crippen LogP contribution >= 0.6 is 0 Å². The van der Waals surface area contributed by atoms with Crippen molar-refractivity contribution in [1.82, 2.24) is 0 Å². The Hall–Kier alpha value is 0.142. The molecule has 0 atom stereocenters. The monoisotopic (exact) mass is 214 g/mol. The molecule has 54 valence electrons. The smallest absolute Gasteiger partial charge is 0 e. The maximum atomic E-state index is 2.27. The first-order chi connectivity index (χ1) is 4.00. The molecule has 9 heavy (non-hydrogen) atoms. The summed E-state index contributed by atoms with van der Waals surface area (Å²) < 4.78 is 0. The van der Waals surface area contributed by atoms with E-state index < -0.39 is 0 Å². The fraction of sp³-hybridized carbons (Fsp3) is 0.500. The third kappa shape index (κ3) is 4.63. The van der Waals surface area contributed by atoms with Crippen molar-refractivity contribution in [2.45, 2.75) is 25.7 Å². The number of allylic oxidation sites excluding steroid dienone is 4. The Labute approximate surface area is 70.7 Å². The second-order valence-electron chi connectivity index (χ2n) is 2.10. The maximum absolute atomic E-state index is 2.27. The van der Waals surface area contributed by atoms with E-state index in [9.17, 15) is 0 Å². The van der Waals surface area contributed by atoms with E-state index in [-0.39, 0.29) is 20.4 Å². The van der Waals surface area contributed by atoms with Crippen LogP contribution in [0.3, 0.4) is 0 Å². The largest absolute Gasteiger partial charge is 0.0882 e. The Morgan fingerprint density at radius 3 is 1.00 bits per heavy atom. The number of hydrogen-bond donors (Lipinski definition) is 0. The van der Waals surface area contributed by atoms with Crippen molar-refractivity contribution in [3.8, 4) is 0 Å². The molecule has 0 aromatic heterocycles. The van der Waals surface area contributed by atoms with Gasteiger partial charge in [-0.2, -0.15) is 0 Å². The van der Waals surface area contributed by atoms with Gasteiger partial charge in [0.15, 0.2) is 0 Å². The van der Waals surface area contributed by atoms with Crippen molar-refractivity contribution in [3.05, 3.63) is 24.3 Å². The molecule has 0 spiro atoms. The van der Waals surface area contributed by atoms with Gasteiger partial charge in [0.05, 0.1) is 0 Å². The first kappa shape index (κ1) is 9.14. The van der Waals surface area contributed by atoms with Crippen LogP contribution in [-0.4, -0.2) is 0 Å². The van der Waals surface area contributed by atoms with E-state index in [1.807, 2.05) is 0 Å². The topological polar surface area (TPSA) is 0 Å². The third-order valence-corrected chi connectivity index (χ3v) is 1.33. The van der Waals surface area contributed by atoms with E-state index in [4.69, 9.17) is 0 Å². The van der Waals surface area contributed by atoms with Crippen LogP contribution < -0.4 is 0 Å². The van der Waals surface area contributed by atoms with Crippen molar-refractivity contribution < 1.29 is 20.4 Å². The first-order valence-electron chi connectivity index (χ1n) is 3.30. The van der Waals surface area contributed by atoms with Crippen molar-refractivity contribution >= 4 is 0 Å². The summed E-state index contributed by atoms with van der Waals surface area (Å²) in [5.74, 6) is 0. The molecule has 0 bridgehead atoms. The SMILES string of the molecule is C1=CCC/C=C\CC1.[Pd]. The third-order valence-electron chi connectivity index (χ3n) is 1.33. The van der Waals surface area contributed by atoms with E-state index in [1.54, 1.807) is 0 Å². The second-order valence-corrected chi connectivity index (χ2v) is 2.10. The van der Waals surface area contributed by atoms with Crippen molar-refractivity contribution in [1.29, 1.82) is 0 Å². The van der Waals surface area contributed by atoms with E-state index in [0.29, 0.717) is 0 Å². The van der Waals surface area contributed by atoms with Crippen LogP contribution in [0, 0.1) is 0 Å². The molecule has 0 saturated heterocycles. The van der Waals surface area contributed by atoms with Crippen LogP contribution in [0.15, 0.2) is 24.3 Å². The van der Waals surface area contributed by atoms with Crippen molar-refractivity contribution in [2.24, 2.45) is 0 Å². The number of rotatable bonds is 0. The van der Waals surface area contributed by atoms with Gasteiger partial charge in [0.25, 0.3) is 0 Å². The molecule has 0 amide bonds. The van der Waals surface area contributed by atoms with E-state index in [0.717, 1.165) is 0 Å². The van der Waals surface area contributed by atoms with Gasteiger partial charge in [-0.05, 0) is 25.7 Å². The molecular formula is C8H12Pd. The van der Waals surface area contributed by atoms with Crippen molar-refractivity contribution in [3.63, 3.8) is 0 Å². The van der Waals surface area contributed by atoms with Gasteiger partial charge >= 0.3 is 0 Å². The van der Waals surface area contributed by atoms with Gasteiger partial charge in [0.1, 0.15) is 0 Å². The van der Waals surface area contributed by atoms with Gasteiger partial charge in [0.2, 0.25) is 0 Å². The van der Waals surface area contributed by atoms with Crippen LogP contribution in [0.4, 0.5) is 0 Å². The molecule has 1 aliphatic rings. The zero-order valence-electron chi connectivity index (χ0n) is 5.45. The second kappa shape index (κ2) is 6.27. The molecule has 0 saturated carbocycles. The maximum Gasteiger partial charge on any atom is 0 e. The molecule has 0 heterocycles. The van der Waals surface area contributed by atoms with Gasteiger partial charge < -0.3 is 0 Å². The van der Waals surface area contributed by atoms with Gasteiger partial charge in [-0.1, -0.05) is 24.3 Å². The van der Waals surface area contributed by atoms with E-state index >= 15 is 0 Å². The molecule has 0 aromatic carbocycles. The molecule has 0 unspecified atom stereocenters. The Morgan fingerprint density at radius 1 is 0.556 bits per heavy atom. The minimum atomic E-state index is 0. The molecule has 0 radical (unpaired) electrons. The average Bonchev–Trinajstić information content (AvgIpc) is 1.62. The Balaban J connectivity index is 0.000000640. The first-order valence-corrected chi connectivity index (χ1v) is 3.30. The van der Waals surface area contributed by atoms with E-state index in [2.05, 4.69) is 24.3 Å². The zero-order chi connectivity index (χ0) is 5.66. The number of hydrogen-bond acceptors (Lipinski definition) is 0. The molecular weight excluding hydrogens is 203 g/mol. The van der Waals surface area contributed by atoms with Crippen LogP contribution in [0.1, 0.15) is 25.7 Å². The fourth-order valence-corrected chi connectivity index (χ4v) is 0.856. The summed E-state index contributed by atoms with van der Waals surface area (Å²) in [4.78, 5) is 0. The Bertz CT molecular complexity index is 77.1. The van der Waals surface area contributed by atoms with Gasteiger partial charge in [-0.15, -0.1) is 0 Å². The zero-order valence-corrected chi connectivity index (χ0v) is 7.01. The molecule has 0 aromatic rings. The average molecular weight is 215 g/mol. The fourth-order valence-electron chi connectivity index (χ4n) is 0.856. The summed E-state index contributed by atoms with van der Waals surface area (Å²) in [6.45, 7) is 0. The minimum Gasteiger partial charge on any atom is -0.0882 e. The summed E-state index contributed by atoms with van der Waals surface area (Å²) in [6.07, 6.45) is 14.0. The summed E-state index contributed by atoms with van der Waals surface area (Å²) in [6, 6.07) is 0. The normalized spacial score (nSPS) is 21.3. The van der Waals surface area contributed by atoms with Crippen LogP contribution in [-0.2, 0) is 20.4 Å². The minimum absolute atomic E-state index is 0.